The Morgan fingerprint density at radius 2 is 0.908 bits per heavy atom. The van der Waals surface area contributed by atoms with Gasteiger partial charge < -0.3 is 54.6 Å². The second kappa shape index (κ2) is 34.8. The maximum Gasteiger partial charge on any atom is 0.472 e. The van der Waals surface area contributed by atoms with Crippen LogP contribution >= 0.6 is 23.5 Å². The summed E-state index contributed by atoms with van der Waals surface area (Å²) in [6.45, 7) is 3.34. The lowest BCUT2D eigenvalue weighted by atomic mass is 9.85. The van der Waals surface area contributed by atoms with Crippen LogP contribution in [0.15, 0.2) is 0 Å². The van der Waals surface area contributed by atoms with Crippen molar-refractivity contribution in [2.75, 3.05) is 19.8 Å². The number of phosphoric ester groups is 3. The van der Waals surface area contributed by atoms with Crippen molar-refractivity contribution in [3.63, 3.8) is 0 Å². The van der Waals surface area contributed by atoms with Gasteiger partial charge in [0.2, 0.25) is 5.91 Å². The summed E-state index contributed by atoms with van der Waals surface area (Å²) in [7, 11) is -16.6. The molecule has 0 radical (unpaired) electrons. The predicted octanol–water partition coefficient (Wildman–Crippen LogP) is 6.29. The predicted molar refractivity (Wildman–Crippen MR) is 238 cm³/mol. The maximum atomic E-state index is 13.1. The van der Waals surface area contributed by atoms with E-state index in [9.17, 15) is 67.9 Å². The molecule has 0 bridgehead atoms. The first kappa shape index (κ1) is 61.6. The summed E-state index contributed by atoms with van der Waals surface area (Å²) in [5.74, 6) is -1.25. The zero-order chi connectivity index (χ0) is 48.7. The van der Waals surface area contributed by atoms with E-state index in [0.29, 0.717) is 25.8 Å². The van der Waals surface area contributed by atoms with Gasteiger partial charge in [0.1, 0.15) is 43.2 Å². The molecule has 1 fully saturated rings. The maximum absolute atomic E-state index is 13.1. The largest absolute Gasteiger partial charge is 0.472 e. The minimum atomic E-state index is -5.60. The van der Waals surface area contributed by atoms with Gasteiger partial charge in [-0.15, -0.1) is 0 Å². The van der Waals surface area contributed by atoms with Gasteiger partial charge in [0.05, 0.1) is 6.61 Å². The lowest BCUT2D eigenvalue weighted by Crippen LogP contribution is -2.65. The second-order valence-corrected chi connectivity index (χ2v) is 20.5. The summed E-state index contributed by atoms with van der Waals surface area (Å²) >= 11 is 0. The smallest absolute Gasteiger partial charge is 0.462 e. The number of carbonyl (C=O) groups excluding carboxylic acids is 3. The molecule has 21 nitrogen and oxygen atoms in total. The average molecular weight is 1000 g/mol. The van der Waals surface area contributed by atoms with E-state index in [1.807, 2.05) is 6.92 Å². The third-order valence-corrected chi connectivity index (χ3v) is 12.8. The van der Waals surface area contributed by atoms with Gasteiger partial charge in [0, 0.05) is 25.8 Å². The molecule has 0 heterocycles. The van der Waals surface area contributed by atoms with Crippen molar-refractivity contribution < 1.29 is 95.4 Å². The molecule has 4 unspecified atom stereocenters. The van der Waals surface area contributed by atoms with E-state index in [-0.39, 0.29) is 18.7 Å². The molecule has 0 aromatic heterocycles. The summed E-state index contributed by atoms with van der Waals surface area (Å²) in [6, 6.07) is 0. The van der Waals surface area contributed by atoms with Gasteiger partial charge >= 0.3 is 35.4 Å². The Bertz CT molecular complexity index is 1450. The van der Waals surface area contributed by atoms with Gasteiger partial charge in [-0.2, -0.15) is 0 Å². The van der Waals surface area contributed by atoms with Crippen LogP contribution in [0.4, 0.5) is 0 Å². The van der Waals surface area contributed by atoms with Crippen molar-refractivity contribution in [2.24, 2.45) is 0 Å². The Hall–Kier alpha value is -1.38. The van der Waals surface area contributed by atoms with E-state index in [0.717, 1.165) is 89.9 Å². The zero-order valence-electron chi connectivity index (χ0n) is 38.4. The van der Waals surface area contributed by atoms with Gasteiger partial charge in [-0.25, -0.2) is 13.7 Å². The van der Waals surface area contributed by atoms with Gasteiger partial charge in [-0.3, -0.25) is 32.5 Å². The van der Waals surface area contributed by atoms with Gasteiger partial charge in [-0.1, -0.05) is 136 Å². The highest BCUT2D eigenvalue weighted by atomic mass is 31.2. The molecule has 384 valence electrons. The van der Waals surface area contributed by atoms with E-state index >= 15 is 0 Å². The van der Waals surface area contributed by atoms with Crippen LogP contribution in [0, 0.1) is 0 Å². The molecule has 1 saturated carbocycles. The molecular weight excluding hydrogens is 919 g/mol. The summed E-state index contributed by atoms with van der Waals surface area (Å²) in [6.07, 6.45) is 7.57. The van der Waals surface area contributed by atoms with Crippen molar-refractivity contribution in [3.05, 3.63) is 0 Å². The van der Waals surface area contributed by atoms with Crippen LogP contribution in [0.1, 0.15) is 181 Å². The van der Waals surface area contributed by atoms with E-state index in [1.165, 1.54) is 44.9 Å². The normalized spacial score (nSPS) is 21.7. The van der Waals surface area contributed by atoms with Crippen molar-refractivity contribution in [2.45, 2.75) is 224 Å². The molecule has 24 heteroatoms. The van der Waals surface area contributed by atoms with Crippen molar-refractivity contribution in [3.8, 4) is 0 Å². The fraction of sp³-hybridized carbons (Fsp3) is 0.927. The fourth-order valence-corrected chi connectivity index (χ4v) is 9.39. The molecule has 1 amide bonds. The molecule has 1 aliphatic rings. The number of ether oxygens (including phenoxy) is 2. The molecular formula is C41H80NO20P3. The number of carbonyl (C=O) groups is 3. The minimum absolute atomic E-state index is 0.0100. The number of unbranched alkanes of at least 4 members (excludes halogenated alkanes) is 20. The Kier molecular flexibility index (Phi) is 33.0. The zero-order valence-corrected chi connectivity index (χ0v) is 41.0. The number of nitrogens with one attached hydrogen (secondary N) is 1. The van der Waals surface area contributed by atoms with Crippen molar-refractivity contribution in [1.82, 2.24) is 5.32 Å². The number of aliphatic hydroxyl groups is 3. The third-order valence-electron chi connectivity index (χ3n) is 10.8. The van der Waals surface area contributed by atoms with Crippen molar-refractivity contribution in [1.29, 1.82) is 0 Å². The van der Waals surface area contributed by atoms with E-state index in [4.69, 9.17) is 18.5 Å². The summed E-state index contributed by atoms with van der Waals surface area (Å²) < 4.78 is 65.4. The molecule has 0 spiro atoms. The number of amides is 1. The highest BCUT2D eigenvalue weighted by Gasteiger charge is 2.56. The second-order valence-electron chi connectivity index (χ2n) is 16.7. The fourth-order valence-electron chi connectivity index (χ4n) is 7.30. The van der Waals surface area contributed by atoms with Crippen LogP contribution in [0.2, 0.25) is 0 Å². The molecule has 9 N–H and O–H groups in total. The number of hydrogen-bond donors (Lipinski definition) is 9. The Morgan fingerprint density at radius 1 is 0.492 bits per heavy atom. The molecule has 65 heavy (non-hydrogen) atoms. The van der Waals surface area contributed by atoms with Gasteiger partial charge in [0.15, 0.2) is 6.10 Å². The van der Waals surface area contributed by atoms with Crippen LogP contribution in [0.25, 0.3) is 0 Å². The van der Waals surface area contributed by atoms with E-state index < -0.39 is 91.3 Å². The Morgan fingerprint density at radius 3 is 1.37 bits per heavy atom. The van der Waals surface area contributed by atoms with Crippen LogP contribution in [0.3, 0.4) is 0 Å². The first-order chi connectivity index (χ1) is 30.7. The molecule has 8 atom stereocenters. The highest BCUT2D eigenvalue weighted by Crippen LogP contribution is 2.51. The van der Waals surface area contributed by atoms with Gasteiger partial charge in [0.25, 0.3) is 0 Å². The summed E-state index contributed by atoms with van der Waals surface area (Å²) in [4.78, 5) is 84.6. The molecule has 1 rings (SSSR count). The average Bonchev–Trinajstić information content (AvgIpc) is 3.22. The number of esters is 2. The Balaban J connectivity index is 2.73. The Labute approximate surface area is 384 Å². The van der Waals surface area contributed by atoms with Gasteiger partial charge in [-0.05, 0) is 25.7 Å². The van der Waals surface area contributed by atoms with E-state index in [1.54, 1.807) is 0 Å². The first-order valence-corrected chi connectivity index (χ1v) is 28.0. The molecule has 0 aliphatic heterocycles. The topological polar surface area (TPSA) is 332 Å². The third kappa shape index (κ3) is 31.4. The van der Waals surface area contributed by atoms with Crippen LogP contribution in [0.5, 0.6) is 0 Å². The number of aliphatic hydroxyl groups excluding tert-OH is 3. The molecule has 0 saturated heterocycles. The molecule has 0 aromatic rings. The standard InChI is InChI=1S/C41H80NO20P3/c1-3-5-6-7-8-9-10-11-12-14-18-21-24-28-35(45)59-32(30-57-34(44)27-23-20-17-15-13-16-19-22-25-29-42-33(43)26-4-2)31-58-65(55,56)62-39-36(46)37(47)40(60-63(49,50)51)41(38(39)48)61-64(52,53)54/h32,36-41,46-48H,3-31H2,1-2H3,(H,42,43)(H,55,56)(H2,49,50,51)(H2,52,53,54)/t32-,36-,37+,38?,39?,40?,41-/m1/s1. The van der Waals surface area contributed by atoms with Crippen LogP contribution < -0.4 is 5.32 Å². The monoisotopic (exact) mass is 999 g/mol. The lowest BCUT2D eigenvalue weighted by Gasteiger charge is -2.44. The minimum Gasteiger partial charge on any atom is -0.462 e. The lowest BCUT2D eigenvalue weighted by molar-refractivity contribution is -0.213. The van der Waals surface area contributed by atoms with Crippen molar-refractivity contribution >= 4 is 41.3 Å². The first-order valence-electron chi connectivity index (χ1n) is 23.5. The number of hydrogen-bond acceptors (Lipinski definition) is 15. The summed E-state index contributed by atoms with van der Waals surface area (Å²) in [5, 5.41) is 34.7. The number of phosphoric acid groups is 3. The van der Waals surface area contributed by atoms with E-state index in [2.05, 4.69) is 21.3 Å². The number of rotatable bonds is 40. The molecule has 1 aliphatic carbocycles. The SMILES string of the molecule is CCCCCCCCCCCCCCCC(=O)O[C@H](COC(=O)CCCCCCCCCCCNC(=O)CCC)COP(=O)(O)OC1C(O)[C@@H](OP(=O)(O)O)C(OP(=O)(O)O)[C@@H](O)[C@H]1O. The van der Waals surface area contributed by atoms with Crippen LogP contribution in [-0.4, -0.2) is 120 Å². The molecule has 0 aromatic carbocycles. The highest BCUT2D eigenvalue weighted by molar-refractivity contribution is 7.47. The van der Waals surface area contributed by atoms with Crippen LogP contribution in [-0.2, 0) is 55.6 Å². The summed E-state index contributed by atoms with van der Waals surface area (Å²) in [5.41, 5.74) is 0. The quantitative estimate of drug-likeness (QED) is 0.0185.